The Bertz CT molecular complexity index is 535. The maximum Gasteiger partial charge on any atom is 0.322 e. The number of unbranched alkanes of at least 4 members (excludes halogenated alkanes) is 1. The molecule has 21 heavy (non-hydrogen) atoms. The Hall–Kier alpha value is -1.19. The highest BCUT2D eigenvalue weighted by molar-refractivity contribution is 7.86. The van der Waals surface area contributed by atoms with Crippen molar-refractivity contribution in [1.82, 2.24) is 19.2 Å². The van der Waals surface area contributed by atoms with Gasteiger partial charge in [-0.05, 0) is 19.3 Å². The van der Waals surface area contributed by atoms with Gasteiger partial charge in [0.25, 0.3) is 16.1 Å². The molecular weight excluding hydrogens is 296 g/mol. The molecule has 0 radical (unpaired) electrons. The first-order valence-corrected chi connectivity index (χ1v) is 8.56. The topological polar surface area (TPSA) is 98.8 Å². The summed E-state index contributed by atoms with van der Waals surface area (Å²) in [7, 11) is -2.06. The van der Waals surface area contributed by atoms with Crippen molar-refractivity contribution in [3.8, 4) is 0 Å². The average Bonchev–Trinajstić information content (AvgIpc) is 2.70. The molecule has 2 fully saturated rings. The number of nitrogens with zero attached hydrogens (tertiary/aromatic N) is 2. The highest BCUT2D eigenvalue weighted by atomic mass is 32.2. The van der Waals surface area contributed by atoms with Crippen molar-refractivity contribution < 1.29 is 18.0 Å². The summed E-state index contributed by atoms with van der Waals surface area (Å²) in [5.41, 5.74) is -1.12. The van der Waals surface area contributed by atoms with Crippen LogP contribution < -0.4 is 10.6 Å². The Balaban J connectivity index is 2.14. The zero-order valence-electron chi connectivity index (χ0n) is 12.4. The van der Waals surface area contributed by atoms with E-state index in [0.29, 0.717) is 25.9 Å². The maximum atomic E-state index is 12.5. The van der Waals surface area contributed by atoms with Crippen LogP contribution in [0.2, 0.25) is 0 Å². The highest BCUT2D eigenvalue weighted by Gasteiger charge is 2.51. The predicted octanol–water partition coefficient (Wildman–Crippen LogP) is -0.363. The minimum atomic E-state index is -3.60. The van der Waals surface area contributed by atoms with E-state index in [2.05, 4.69) is 10.6 Å². The molecule has 0 aliphatic carbocycles. The van der Waals surface area contributed by atoms with Crippen LogP contribution in [-0.2, 0) is 15.0 Å². The fourth-order valence-corrected chi connectivity index (χ4v) is 4.22. The second kappa shape index (κ2) is 5.90. The van der Waals surface area contributed by atoms with Gasteiger partial charge in [-0.15, -0.1) is 0 Å². The zero-order chi connectivity index (χ0) is 15.7. The third-order valence-electron chi connectivity index (χ3n) is 4.02. The number of piperidine rings is 1. The van der Waals surface area contributed by atoms with Gasteiger partial charge in [-0.3, -0.25) is 10.1 Å². The van der Waals surface area contributed by atoms with Gasteiger partial charge < -0.3 is 5.32 Å². The summed E-state index contributed by atoms with van der Waals surface area (Å²) < 4.78 is 27.7. The monoisotopic (exact) mass is 318 g/mol. The largest absolute Gasteiger partial charge is 0.322 e. The van der Waals surface area contributed by atoms with Gasteiger partial charge in [-0.2, -0.15) is 17.0 Å². The Morgan fingerprint density at radius 3 is 2.67 bits per heavy atom. The van der Waals surface area contributed by atoms with E-state index in [1.165, 1.54) is 8.61 Å². The van der Waals surface area contributed by atoms with Gasteiger partial charge in [0.2, 0.25) is 0 Å². The molecule has 120 valence electrons. The van der Waals surface area contributed by atoms with E-state index in [0.717, 1.165) is 12.8 Å². The molecular formula is C12H22N4O4S. The van der Waals surface area contributed by atoms with Crippen molar-refractivity contribution >= 4 is 22.1 Å². The van der Waals surface area contributed by atoms with Crippen LogP contribution in [0, 0.1) is 0 Å². The Morgan fingerprint density at radius 2 is 2.10 bits per heavy atom. The molecule has 2 heterocycles. The lowest BCUT2D eigenvalue weighted by molar-refractivity contribution is -0.125. The van der Waals surface area contributed by atoms with Crippen LogP contribution >= 0.6 is 0 Å². The number of rotatable bonds is 5. The lowest BCUT2D eigenvalue weighted by atomic mass is 9.90. The standard InChI is InChI=1S/C12H22N4O4S/c1-3-4-7-15(2)21(19,20)16-8-5-6-12(9-16)10(17)13-11(18)14-12/h3-9H2,1-2H3,(H2,13,14,17,18). The van der Waals surface area contributed by atoms with Crippen LogP contribution in [-0.4, -0.2) is 61.2 Å². The van der Waals surface area contributed by atoms with Crippen LogP contribution in [0.4, 0.5) is 4.79 Å². The molecule has 1 unspecified atom stereocenters. The minimum Gasteiger partial charge on any atom is -0.322 e. The second-order valence-corrected chi connectivity index (χ2v) is 7.65. The van der Waals surface area contributed by atoms with E-state index in [-0.39, 0.29) is 6.54 Å². The van der Waals surface area contributed by atoms with Crippen molar-refractivity contribution in [2.75, 3.05) is 26.7 Å². The summed E-state index contributed by atoms with van der Waals surface area (Å²) in [4.78, 5) is 23.3. The van der Waals surface area contributed by atoms with Crippen LogP contribution in [0.3, 0.4) is 0 Å². The number of hydrogen-bond acceptors (Lipinski definition) is 4. The van der Waals surface area contributed by atoms with Gasteiger partial charge in [-0.25, -0.2) is 4.79 Å². The fourth-order valence-electron chi connectivity index (χ4n) is 2.72. The van der Waals surface area contributed by atoms with Crippen LogP contribution in [0.1, 0.15) is 32.6 Å². The molecule has 0 saturated carbocycles. The molecule has 2 aliphatic rings. The first-order valence-electron chi connectivity index (χ1n) is 7.17. The van der Waals surface area contributed by atoms with Crippen LogP contribution in [0.15, 0.2) is 0 Å². The lowest BCUT2D eigenvalue weighted by Crippen LogP contribution is -2.61. The Labute approximate surface area is 125 Å². The Kier molecular flexibility index (Phi) is 4.54. The Morgan fingerprint density at radius 1 is 1.38 bits per heavy atom. The van der Waals surface area contributed by atoms with Crippen molar-refractivity contribution in [2.45, 2.75) is 38.1 Å². The lowest BCUT2D eigenvalue weighted by Gasteiger charge is -2.38. The average molecular weight is 318 g/mol. The third kappa shape index (κ3) is 3.04. The van der Waals surface area contributed by atoms with Gasteiger partial charge in [0.15, 0.2) is 0 Å². The van der Waals surface area contributed by atoms with Crippen molar-refractivity contribution in [3.05, 3.63) is 0 Å². The van der Waals surface area contributed by atoms with E-state index in [4.69, 9.17) is 0 Å². The zero-order valence-corrected chi connectivity index (χ0v) is 13.2. The molecule has 9 heteroatoms. The van der Waals surface area contributed by atoms with E-state index in [9.17, 15) is 18.0 Å². The van der Waals surface area contributed by atoms with E-state index >= 15 is 0 Å². The molecule has 3 amide bonds. The third-order valence-corrected chi connectivity index (χ3v) is 5.95. The van der Waals surface area contributed by atoms with Gasteiger partial charge in [-0.1, -0.05) is 13.3 Å². The molecule has 1 atom stereocenters. The van der Waals surface area contributed by atoms with Crippen molar-refractivity contribution in [2.24, 2.45) is 0 Å². The van der Waals surface area contributed by atoms with E-state index in [1.807, 2.05) is 6.92 Å². The van der Waals surface area contributed by atoms with Gasteiger partial charge in [0.05, 0.1) is 0 Å². The molecule has 1 spiro atoms. The summed E-state index contributed by atoms with van der Waals surface area (Å²) in [6.07, 6.45) is 2.68. The van der Waals surface area contributed by atoms with E-state index < -0.39 is 27.7 Å². The summed E-state index contributed by atoms with van der Waals surface area (Å²) in [5, 5.41) is 4.77. The number of carbonyl (C=O) groups excluding carboxylic acids is 2. The molecule has 0 bridgehead atoms. The molecule has 2 rings (SSSR count). The summed E-state index contributed by atoms with van der Waals surface area (Å²) in [6.45, 7) is 2.79. The van der Waals surface area contributed by atoms with Crippen molar-refractivity contribution in [3.63, 3.8) is 0 Å². The normalized spacial score (nSPS) is 27.2. The number of amides is 3. The molecule has 0 aromatic carbocycles. The molecule has 2 N–H and O–H groups in total. The van der Waals surface area contributed by atoms with Crippen molar-refractivity contribution in [1.29, 1.82) is 0 Å². The first-order chi connectivity index (χ1) is 9.82. The number of carbonyl (C=O) groups is 2. The van der Waals surface area contributed by atoms with E-state index in [1.54, 1.807) is 7.05 Å². The van der Waals surface area contributed by atoms with Crippen LogP contribution in [0.25, 0.3) is 0 Å². The number of imide groups is 1. The van der Waals surface area contributed by atoms with Gasteiger partial charge >= 0.3 is 6.03 Å². The molecule has 8 nitrogen and oxygen atoms in total. The van der Waals surface area contributed by atoms with Crippen LogP contribution in [0.5, 0.6) is 0 Å². The summed E-state index contributed by atoms with van der Waals surface area (Å²) in [6, 6.07) is -0.557. The minimum absolute atomic E-state index is 0.0105. The molecule has 0 aromatic heterocycles. The molecule has 2 saturated heterocycles. The maximum absolute atomic E-state index is 12.5. The number of urea groups is 1. The summed E-state index contributed by atoms with van der Waals surface area (Å²) in [5.74, 6) is -0.441. The fraction of sp³-hybridized carbons (Fsp3) is 0.833. The smallest absolute Gasteiger partial charge is 0.322 e. The molecule has 0 aromatic rings. The first kappa shape index (κ1) is 16.2. The van der Waals surface area contributed by atoms with Gasteiger partial charge in [0.1, 0.15) is 5.54 Å². The highest BCUT2D eigenvalue weighted by Crippen LogP contribution is 2.27. The number of hydrogen-bond donors (Lipinski definition) is 2. The second-order valence-electron chi connectivity index (χ2n) is 5.61. The summed E-state index contributed by atoms with van der Waals surface area (Å²) >= 11 is 0. The quantitative estimate of drug-likeness (QED) is 0.676. The number of nitrogens with one attached hydrogen (secondary N) is 2. The predicted molar refractivity (Wildman–Crippen MR) is 76.7 cm³/mol. The van der Waals surface area contributed by atoms with Gasteiger partial charge in [0, 0.05) is 26.7 Å². The molecule has 2 aliphatic heterocycles. The SMILES string of the molecule is CCCCN(C)S(=O)(=O)N1CCCC2(C1)NC(=O)NC2=O.